The summed E-state index contributed by atoms with van der Waals surface area (Å²) in [6.45, 7) is 0. The molecule has 1 saturated heterocycles. The number of anilines is 1. The van der Waals surface area contributed by atoms with E-state index in [0.29, 0.717) is 5.69 Å². The molecule has 0 spiro atoms. The van der Waals surface area contributed by atoms with Crippen LogP contribution in [-0.4, -0.2) is 22.7 Å². The lowest BCUT2D eigenvalue weighted by molar-refractivity contribution is -0.384. The number of ether oxygens (including phenoxy) is 1. The quantitative estimate of drug-likeness (QED) is 0.194. The molecule has 2 bridgehead atoms. The summed E-state index contributed by atoms with van der Waals surface area (Å²) >= 11 is 0. The Morgan fingerprint density at radius 1 is 1.00 bits per heavy atom. The zero-order valence-corrected chi connectivity index (χ0v) is 15.6. The van der Waals surface area contributed by atoms with E-state index >= 15 is 0 Å². The third kappa shape index (κ3) is 2.72. The van der Waals surface area contributed by atoms with Crippen molar-refractivity contribution in [3.05, 3.63) is 76.4 Å². The first-order chi connectivity index (χ1) is 14.4. The molecule has 1 aliphatic heterocycles. The summed E-state index contributed by atoms with van der Waals surface area (Å²) in [6.07, 6.45) is 4.90. The lowest BCUT2D eigenvalue weighted by Crippen LogP contribution is -2.32. The average Bonchev–Trinajstić information content (AvgIpc) is 3.42. The molecule has 2 aromatic carbocycles. The fourth-order valence-electron chi connectivity index (χ4n) is 4.76. The molecule has 0 radical (unpaired) electrons. The number of esters is 1. The first-order valence-corrected chi connectivity index (χ1v) is 9.57. The molecule has 3 aliphatic rings. The van der Waals surface area contributed by atoms with Gasteiger partial charge in [-0.15, -0.1) is 0 Å². The van der Waals surface area contributed by atoms with Crippen LogP contribution in [0.2, 0.25) is 0 Å². The van der Waals surface area contributed by atoms with Gasteiger partial charge in [0.1, 0.15) is 5.75 Å². The number of imide groups is 1. The maximum atomic E-state index is 12.9. The van der Waals surface area contributed by atoms with Gasteiger partial charge >= 0.3 is 5.97 Å². The number of rotatable bonds is 4. The Hall–Kier alpha value is -3.81. The van der Waals surface area contributed by atoms with Crippen molar-refractivity contribution in [2.24, 2.45) is 23.7 Å². The Kier molecular flexibility index (Phi) is 4.02. The van der Waals surface area contributed by atoms with Crippen molar-refractivity contribution in [3.63, 3.8) is 0 Å². The lowest BCUT2D eigenvalue weighted by atomic mass is 9.85. The minimum atomic E-state index is -0.769. The molecule has 4 atom stereocenters. The Morgan fingerprint density at radius 3 is 2.33 bits per heavy atom. The van der Waals surface area contributed by atoms with Crippen molar-refractivity contribution < 1.29 is 24.0 Å². The second-order valence-corrected chi connectivity index (χ2v) is 7.71. The fraction of sp³-hybridized carbons (Fsp3) is 0.227. The van der Waals surface area contributed by atoms with Gasteiger partial charge in [0.25, 0.3) is 5.69 Å². The van der Waals surface area contributed by atoms with Crippen LogP contribution in [0, 0.1) is 33.8 Å². The number of carbonyl (C=O) groups is 3. The van der Waals surface area contributed by atoms with Gasteiger partial charge in [0, 0.05) is 18.2 Å². The molecular weight excluding hydrogens is 388 g/mol. The number of amides is 2. The first kappa shape index (κ1) is 18.2. The van der Waals surface area contributed by atoms with Crippen LogP contribution in [0.4, 0.5) is 11.4 Å². The van der Waals surface area contributed by atoms with Gasteiger partial charge in [-0.1, -0.05) is 24.3 Å². The number of nitrogens with zero attached hydrogens (tertiary/aromatic N) is 2. The number of fused-ring (bicyclic) bond motifs is 5. The molecule has 2 amide bonds. The zero-order valence-electron chi connectivity index (χ0n) is 15.6. The van der Waals surface area contributed by atoms with Crippen molar-refractivity contribution in [3.8, 4) is 5.75 Å². The Bertz CT molecular complexity index is 1110. The van der Waals surface area contributed by atoms with Crippen LogP contribution in [0.3, 0.4) is 0 Å². The maximum absolute atomic E-state index is 12.9. The SMILES string of the molecule is O=C(Oc1cccc(N2C(=O)[C@@H]3[C@H](C2=O)[C@@H]2C=C[C@H]3C2)c1)c1cccc([N+](=O)[O-])c1. The van der Waals surface area contributed by atoms with Gasteiger partial charge in [0.15, 0.2) is 0 Å². The van der Waals surface area contributed by atoms with Crippen molar-refractivity contribution in [1.29, 1.82) is 0 Å². The van der Waals surface area contributed by atoms with E-state index in [1.165, 1.54) is 35.2 Å². The predicted molar refractivity (Wildman–Crippen MR) is 105 cm³/mol. The van der Waals surface area contributed by atoms with E-state index in [-0.39, 0.29) is 52.5 Å². The van der Waals surface area contributed by atoms with Gasteiger partial charge in [0.05, 0.1) is 28.0 Å². The van der Waals surface area contributed by atoms with Gasteiger partial charge < -0.3 is 4.74 Å². The smallest absolute Gasteiger partial charge is 0.343 e. The summed E-state index contributed by atoms with van der Waals surface area (Å²) in [5.74, 6) is -1.48. The number of hydrogen-bond acceptors (Lipinski definition) is 6. The van der Waals surface area contributed by atoms with Crippen LogP contribution in [0.15, 0.2) is 60.7 Å². The molecule has 30 heavy (non-hydrogen) atoms. The summed E-state index contributed by atoms with van der Waals surface area (Å²) in [5.41, 5.74) is 0.157. The first-order valence-electron chi connectivity index (χ1n) is 9.57. The highest BCUT2D eigenvalue weighted by Crippen LogP contribution is 2.53. The number of hydrogen-bond donors (Lipinski definition) is 0. The molecule has 0 aromatic heterocycles. The van der Waals surface area contributed by atoms with E-state index in [1.54, 1.807) is 12.1 Å². The van der Waals surface area contributed by atoms with Crippen molar-refractivity contribution in [1.82, 2.24) is 0 Å². The van der Waals surface area contributed by atoms with Gasteiger partial charge in [-0.05, 0) is 36.5 Å². The van der Waals surface area contributed by atoms with Gasteiger partial charge in [-0.3, -0.25) is 19.7 Å². The molecule has 8 heteroatoms. The van der Waals surface area contributed by atoms with Crippen molar-refractivity contribution in [2.45, 2.75) is 6.42 Å². The van der Waals surface area contributed by atoms with E-state index in [2.05, 4.69) is 0 Å². The number of nitro benzene ring substituents is 1. The third-order valence-electron chi connectivity index (χ3n) is 6.05. The fourth-order valence-corrected chi connectivity index (χ4v) is 4.76. The predicted octanol–water partition coefficient (Wildman–Crippen LogP) is 3.13. The Labute approximate surface area is 170 Å². The van der Waals surface area contributed by atoms with Crippen LogP contribution in [0.1, 0.15) is 16.8 Å². The standard InChI is InChI=1S/C22H16N2O6/c25-20-18-12-7-8-13(9-12)19(18)21(26)23(20)15-4-2-6-17(11-15)30-22(27)14-3-1-5-16(10-14)24(28)29/h1-8,10-13,18-19H,9H2/t12-,13+,18-,19+. The minimum absolute atomic E-state index is 0.0279. The third-order valence-corrected chi connectivity index (χ3v) is 6.05. The minimum Gasteiger partial charge on any atom is -0.423 e. The molecule has 2 fully saturated rings. The lowest BCUT2D eigenvalue weighted by Gasteiger charge is -2.18. The van der Waals surface area contributed by atoms with Crippen molar-refractivity contribution >= 4 is 29.2 Å². The summed E-state index contributed by atoms with van der Waals surface area (Å²) in [6, 6.07) is 11.4. The molecule has 8 nitrogen and oxygen atoms in total. The average molecular weight is 404 g/mol. The van der Waals surface area contributed by atoms with E-state index in [9.17, 15) is 24.5 Å². The summed E-state index contributed by atoms with van der Waals surface area (Å²) in [7, 11) is 0. The molecule has 150 valence electrons. The summed E-state index contributed by atoms with van der Waals surface area (Å²) in [5, 5.41) is 10.9. The second kappa shape index (κ2) is 6.62. The normalized spacial score (nSPS) is 26.2. The monoisotopic (exact) mass is 404 g/mol. The van der Waals surface area contributed by atoms with Gasteiger partial charge in [-0.25, -0.2) is 9.69 Å². The molecule has 2 aliphatic carbocycles. The van der Waals surface area contributed by atoms with Crippen LogP contribution in [-0.2, 0) is 9.59 Å². The summed E-state index contributed by atoms with van der Waals surface area (Å²) < 4.78 is 5.33. The molecule has 1 heterocycles. The van der Waals surface area contributed by atoms with E-state index in [0.717, 1.165) is 12.5 Å². The summed E-state index contributed by atoms with van der Waals surface area (Å²) in [4.78, 5) is 49.8. The second-order valence-electron chi connectivity index (χ2n) is 7.71. The topological polar surface area (TPSA) is 107 Å². The molecule has 2 aromatic rings. The van der Waals surface area contributed by atoms with Crippen LogP contribution >= 0.6 is 0 Å². The highest BCUT2D eigenvalue weighted by Gasteiger charge is 2.59. The van der Waals surface area contributed by atoms with E-state index in [4.69, 9.17) is 4.74 Å². The molecule has 0 N–H and O–H groups in total. The van der Waals surface area contributed by atoms with Crippen molar-refractivity contribution in [2.75, 3.05) is 4.90 Å². The number of benzene rings is 2. The number of carbonyl (C=O) groups excluding carboxylic acids is 3. The van der Waals surface area contributed by atoms with Crippen LogP contribution in [0.25, 0.3) is 0 Å². The zero-order chi connectivity index (χ0) is 21.0. The molecule has 1 saturated carbocycles. The van der Waals surface area contributed by atoms with Gasteiger partial charge in [0.2, 0.25) is 11.8 Å². The largest absolute Gasteiger partial charge is 0.423 e. The van der Waals surface area contributed by atoms with Crippen LogP contribution < -0.4 is 9.64 Å². The number of allylic oxidation sites excluding steroid dienone is 2. The molecular formula is C22H16N2O6. The Balaban J connectivity index is 1.38. The molecule has 0 unspecified atom stereocenters. The van der Waals surface area contributed by atoms with E-state index in [1.807, 2.05) is 12.2 Å². The highest BCUT2D eigenvalue weighted by atomic mass is 16.6. The molecule has 5 rings (SSSR count). The highest BCUT2D eigenvalue weighted by molar-refractivity contribution is 6.22. The van der Waals surface area contributed by atoms with Gasteiger partial charge in [-0.2, -0.15) is 0 Å². The number of nitro groups is 1. The number of non-ortho nitro benzene ring substituents is 1. The maximum Gasteiger partial charge on any atom is 0.343 e. The van der Waals surface area contributed by atoms with E-state index < -0.39 is 10.9 Å². The Morgan fingerprint density at radius 2 is 1.67 bits per heavy atom. The van der Waals surface area contributed by atoms with Crippen LogP contribution in [0.5, 0.6) is 5.75 Å².